The maximum Gasteiger partial charge on any atom is 0.252 e. The predicted molar refractivity (Wildman–Crippen MR) is 438 cm³/mol. The van der Waals surface area contributed by atoms with Gasteiger partial charge in [-0.3, -0.25) is 0 Å². The highest BCUT2D eigenvalue weighted by Crippen LogP contribution is 2.59. The van der Waals surface area contributed by atoms with Gasteiger partial charge < -0.3 is 9.80 Å². The fraction of sp³-hybridized carbons (Fsp3) is 0.0606. The van der Waals surface area contributed by atoms with Crippen molar-refractivity contribution in [1.82, 2.24) is 15.0 Å². The first-order chi connectivity index (χ1) is 51.5. The molecule has 0 spiro atoms. The topological polar surface area (TPSA) is 45.2 Å². The van der Waals surface area contributed by atoms with Crippen LogP contribution < -0.4 is 26.2 Å². The van der Waals surface area contributed by atoms with Crippen molar-refractivity contribution in [3.63, 3.8) is 0 Å². The number of anilines is 6. The normalized spacial score (nSPS) is 13.6. The Morgan fingerprint density at radius 1 is 0.210 bits per heavy atom. The highest BCUT2D eigenvalue weighted by Gasteiger charge is 2.52. The van der Waals surface area contributed by atoms with Crippen molar-refractivity contribution in [2.45, 2.75) is 38.5 Å². The third-order valence-electron chi connectivity index (χ3n) is 22.6. The summed E-state index contributed by atoms with van der Waals surface area (Å²) in [6.07, 6.45) is 0. The van der Waals surface area contributed by atoms with Gasteiger partial charge in [-0.1, -0.05) is 295 Å². The van der Waals surface area contributed by atoms with Crippen molar-refractivity contribution in [3.05, 3.63) is 374 Å². The summed E-state index contributed by atoms with van der Waals surface area (Å²) in [4.78, 5) is 22.8. The minimum Gasteiger partial charge on any atom is -0.311 e. The molecule has 0 radical (unpaired) electrons. The monoisotopic (exact) mass is 1340 g/mol. The molecule has 105 heavy (non-hydrogen) atoms. The summed E-state index contributed by atoms with van der Waals surface area (Å²) in [5.74, 6) is 1.70. The average molecular weight is 1340 g/mol. The zero-order chi connectivity index (χ0) is 70.1. The highest BCUT2D eigenvalue weighted by molar-refractivity contribution is 7.00. The summed E-state index contributed by atoms with van der Waals surface area (Å²) in [6.45, 7) is 9.56. The molecule has 5 heterocycles. The Morgan fingerprint density at radius 3 is 0.733 bits per heavy atom. The van der Waals surface area contributed by atoms with E-state index in [1.54, 1.807) is 0 Å². The van der Waals surface area contributed by atoms with E-state index in [1.807, 2.05) is 0 Å². The van der Waals surface area contributed by atoms with Gasteiger partial charge in [0.2, 0.25) is 0 Å². The molecule has 0 unspecified atom stereocenters. The van der Waals surface area contributed by atoms with Gasteiger partial charge in [-0.05, 0) is 213 Å². The van der Waals surface area contributed by atoms with Crippen LogP contribution in [0.4, 0.5) is 34.1 Å². The Morgan fingerprint density at radius 2 is 0.448 bits per heavy atom. The second kappa shape index (κ2) is 24.3. The van der Waals surface area contributed by atoms with Crippen LogP contribution in [0, 0.1) is 0 Å². The fourth-order valence-electron chi connectivity index (χ4n) is 17.3. The first-order valence-electron chi connectivity index (χ1n) is 36.5. The second-order valence-electron chi connectivity index (χ2n) is 29.5. The van der Waals surface area contributed by atoms with Gasteiger partial charge >= 0.3 is 0 Å². The van der Waals surface area contributed by atoms with E-state index in [-0.39, 0.29) is 6.71 Å². The molecule has 15 aromatic carbocycles. The number of hydrogen-bond acceptors (Lipinski definition) is 5. The van der Waals surface area contributed by atoms with Crippen LogP contribution in [0.1, 0.15) is 49.9 Å². The molecule has 0 atom stereocenters. The third-order valence-corrected chi connectivity index (χ3v) is 22.6. The van der Waals surface area contributed by atoms with Crippen LogP contribution in [0.5, 0.6) is 0 Å². The molecule has 0 saturated carbocycles. The third kappa shape index (κ3) is 10.3. The van der Waals surface area contributed by atoms with Crippen LogP contribution in [0.15, 0.2) is 352 Å². The lowest BCUT2D eigenvalue weighted by Gasteiger charge is -2.52. The van der Waals surface area contributed by atoms with Gasteiger partial charge in [0.1, 0.15) is 0 Å². The molecule has 6 heteroatoms. The summed E-state index contributed by atoms with van der Waals surface area (Å²) >= 11 is 0. The van der Waals surface area contributed by atoms with Crippen molar-refractivity contribution >= 4 is 57.2 Å². The van der Waals surface area contributed by atoms with Crippen LogP contribution in [0.25, 0.3) is 123 Å². The quantitative estimate of drug-likeness (QED) is 0.121. The molecule has 1 aromatic heterocycles. The summed E-state index contributed by atoms with van der Waals surface area (Å²) in [5.41, 5.74) is 35.5. The predicted octanol–water partition coefficient (Wildman–Crippen LogP) is 23.6. The van der Waals surface area contributed by atoms with Crippen LogP contribution in [-0.2, 0) is 10.8 Å². The summed E-state index contributed by atoms with van der Waals surface area (Å²) < 4.78 is 0. The van der Waals surface area contributed by atoms with Gasteiger partial charge in [0.25, 0.3) is 6.71 Å². The SMILES string of the molecule is CC1(C)c2cc(-c3ccccc3)ccc2N2c3cc(-c4nc(-c5cc(-c6ccccc6)cc(-c6ccccc6)c5)nc(-c5cc(-c6ccccc6)cc(-c6ccccc6)c5)n4)cc4c3B(c3cc(-c5ccccc5)cc1c32)c1cc(-c2ccccc2)cc2c1N4c1ccc(-c3ccccc3)cc1C2(C)C. The van der Waals surface area contributed by atoms with Gasteiger partial charge in [-0.25, -0.2) is 15.0 Å². The maximum absolute atomic E-state index is 5.90. The first kappa shape index (κ1) is 61.8. The van der Waals surface area contributed by atoms with Gasteiger partial charge in [0.05, 0.1) is 11.4 Å². The molecule has 20 rings (SSSR count). The van der Waals surface area contributed by atoms with Gasteiger partial charge in [0, 0.05) is 50.3 Å². The van der Waals surface area contributed by atoms with Crippen molar-refractivity contribution in [3.8, 4) is 123 Å². The number of benzene rings is 15. The molecule has 5 nitrogen and oxygen atoms in total. The highest BCUT2D eigenvalue weighted by atomic mass is 15.2. The van der Waals surface area contributed by atoms with Gasteiger partial charge in [-0.2, -0.15) is 0 Å². The number of rotatable bonds is 11. The Hall–Kier alpha value is -13.0. The summed E-state index contributed by atoms with van der Waals surface area (Å²) in [5, 5.41) is 0. The standard InChI is InChI=1S/C99H70BN5/c1-98(2)82-55-71(63-29-13-5-14-30-63)45-47-88(82)104-90-61-81(97-102-95(79-51-73(65-33-17-7-18-34-65)49-74(52-79)66-35-19-8-20-36-66)101-96(103-97)80-53-75(67-37-21-9-22-38-67)50-76(54-80)68-39-23-10-24-40-68)62-91-92(90)100(86-59-77(57-84(98)93(86)104)69-41-25-11-26-42-69)87-60-78(70-43-27-12-28-44-70)58-85-94(87)105(91)89-48-46-72(56-83(89)99(85,3)4)64-31-15-6-16-32-64/h5-62H,1-4H3. The fourth-order valence-corrected chi connectivity index (χ4v) is 17.3. The van der Waals surface area contributed by atoms with Gasteiger partial charge in [-0.15, -0.1) is 0 Å². The molecule has 494 valence electrons. The molecule has 0 amide bonds. The Kier molecular flexibility index (Phi) is 14.3. The molecular weight excluding hydrogens is 1270 g/mol. The number of fused-ring (bicyclic) bond motifs is 8. The van der Waals surface area contributed by atoms with Crippen molar-refractivity contribution in [2.75, 3.05) is 9.80 Å². The molecule has 4 aliphatic rings. The van der Waals surface area contributed by atoms with Crippen molar-refractivity contribution in [1.29, 1.82) is 0 Å². The van der Waals surface area contributed by atoms with E-state index < -0.39 is 10.8 Å². The van der Waals surface area contributed by atoms with E-state index in [9.17, 15) is 0 Å². The van der Waals surface area contributed by atoms with E-state index in [0.29, 0.717) is 17.5 Å². The van der Waals surface area contributed by atoms with E-state index in [1.165, 1.54) is 94.5 Å². The lowest BCUT2D eigenvalue weighted by Crippen LogP contribution is -2.63. The number of hydrogen-bond donors (Lipinski definition) is 0. The molecular formula is C99H70BN5. The van der Waals surface area contributed by atoms with Gasteiger partial charge in [0.15, 0.2) is 17.5 Å². The minimum atomic E-state index is -0.468. The number of nitrogens with zero attached hydrogens (tertiary/aromatic N) is 5. The maximum atomic E-state index is 5.90. The average Bonchev–Trinajstić information content (AvgIpc) is 0.667. The van der Waals surface area contributed by atoms with E-state index in [2.05, 4.69) is 389 Å². The molecule has 0 aliphatic carbocycles. The first-order valence-corrected chi connectivity index (χ1v) is 36.5. The van der Waals surface area contributed by atoms with Crippen LogP contribution >= 0.6 is 0 Å². The van der Waals surface area contributed by atoms with E-state index in [0.717, 1.165) is 83.9 Å². The second-order valence-corrected chi connectivity index (χ2v) is 29.5. The molecule has 0 bridgehead atoms. The molecule has 0 N–H and O–H groups in total. The lowest BCUT2D eigenvalue weighted by molar-refractivity contribution is 0.632. The zero-order valence-electron chi connectivity index (χ0n) is 58.8. The Balaban J connectivity index is 0.921. The van der Waals surface area contributed by atoms with Crippen molar-refractivity contribution in [2.24, 2.45) is 0 Å². The van der Waals surface area contributed by atoms with E-state index in [4.69, 9.17) is 15.0 Å². The largest absolute Gasteiger partial charge is 0.311 e. The lowest BCUT2D eigenvalue weighted by atomic mass is 9.32. The minimum absolute atomic E-state index is 0.230. The van der Waals surface area contributed by atoms with Crippen molar-refractivity contribution < 1.29 is 0 Å². The Bertz CT molecular complexity index is 5640. The summed E-state index contributed by atoms with van der Waals surface area (Å²) in [7, 11) is 0. The van der Waals surface area contributed by atoms with E-state index >= 15 is 0 Å². The number of aromatic nitrogens is 3. The van der Waals surface area contributed by atoms with Crippen LogP contribution in [0.2, 0.25) is 0 Å². The zero-order valence-corrected chi connectivity index (χ0v) is 58.8. The van der Waals surface area contributed by atoms with Crippen LogP contribution in [-0.4, -0.2) is 21.7 Å². The molecule has 0 fully saturated rings. The molecule has 16 aromatic rings. The smallest absolute Gasteiger partial charge is 0.252 e. The molecule has 4 aliphatic heterocycles. The molecule has 0 saturated heterocycles. The van der Waals surface area contributed by atoms with Crippen LogP contribution in [0.3, 0.4) is 0 Å². The summed E-state index contributed by atoms with van der Waals surface area (Å²) in [6, 6.07) is 130. The Labute approximate surface area is 613 Å².